The molecule has 0 saturated carbocycles. The predicted octanol–water partition coefficient (Wildman–Crippen LogP) is 3.39. The fraction of sp³-hybridized carbons (Fsp3) is 0.526. The quantitative estimate of drug-likeness (QED) is 0.437. The summed E-state index contributed by atoms with van der Waals surface area (Å²) in [7, 11) is 1.57. The van der Waals surface area contributed by atoms with Gasteiger partial charge in [-0.25, -0.2) is 5.43 Å². The lowest BCUT2D eigenvalue weighted by atomic mass is 9.71. The molecule has 0 bridgehead atoms. The third-order valence-corrected chi connectivity index (χ3v) is 5.24. The van der Waals surface area contributed by atoms with Gasteiger partial charge in [0.2, 0.25) is 5.91 Å². The molecule has 1 aromatic carbocycles. The molecule has 0 aromatic heterocycles. The maximum atomic E-state index is 13.7. The highest BCUT2D eigenvalue weighted by Gasteiger charge is 2.47. The molecule has 1 rings (SSSR count). The minimum absolute atomic E-state index is 0.158. The Hall–Kier alpha value is -1.49. The number of aliphatic hydroxyl groups is 1. The number of alkyl halides is 2. The Kier molecular flexibility index (Phi) is 7.34. The summed E-state index contributed by atoms with van der Waals surface area (Å²) in [4.78, 5) is 12.7. The first-order chi connectivity index (χ1) is 11.9. The number of hydrogen-bond acceptors (Lipinski definition) is 3. The number of hydrogen-bond donors (Lipinski definition) is 3. The molecule has 0 heterocycles. The molecule has 2 unspecified atom stereocenters. The molecule has 0 saturated heterocycles. The van der Waals surface area contributed by atoms with Crippen molar-refractivity contribution in [2.45, 2.75) is 51.1 Å². The number of nitrogens with one attached hydrogen (secondary N) is 2. The zero-order valence-corrected chi connectivity index (χ0v) is 17.0. The van der Waals surface area contributed by atoms with Gasteiger partial charge in [0.1, 0.15) is 6.10 Å². The number of benzene rings is 1. The second-order valence-corrected chi connectivity index (χ2v) is 8.12. The summed E-state index contributed by atoms with van der Waals surface area (Å²) in [5.41, 5.74) is 3.72. The van der Waals surface area contributed by atoms with E-state index >= 15 is 0 Å². The van der Waals surface area contributed by atoms with Crippen molar-refractivity contribution in [3.8, 4) is 12.3 Å². The van der Waals surface area contributed by atoms with Crippen molar-refractivity contribution in [3.63, 3.8) is 0 Å². The number of carbonyl (C=O) groups is 1. The molecular formula is C19H25BrF2N2O2. The monoisotopic (exact) mass is 430 g/mol. The standard InChI is InChI=1S/C19H25BrF2N2O2/c1-6-19(21,22)15(25)17(2,3)10-11-18(4,16(26)24-23-5)13-8-7-9-14(20)12-13/h1,7-9,12,15,23,25H,10-11H2,2-5H3,(H,24,26). The number of carbonyl (C=O) groups excluding carboxylic acids is 1. The van der Waals surface area contributed by atoms with Gasteiger partial charge in [0.25, 0.3) is 0 Å². The summed E-state index contributed by atoms with van der Waals surface area (Å²) in [6.45, 7) is 4.77. The molecule has 0 aliphatic heterocycles. The van der Waals surface area contributed by atoms with Crippen molar-refractivity contribution in [3.05, 3.63) is 34.3 Å². The normalized spacial score (nSPS) is 15.7. The van der Waals surface area contributed by atoms with Crippen LogP contribution in [0.2, 0.25) is 0 Å². The highest BCUT2D eigenvalue weighted by Crippen LogP contribution is 2.40. The number of halogens is 3. The Labute approximate surface area is 161 Å². The molecule has 3 N–H and O–H groups in total. The Morgan fingerprint density at radius 1 is 1.35 bits per heavy atom. The molecule has 144 valence electrons. The van der Waals surface area contributed by atoms with Crippen LogP contribution >= 0.6 is 15.9 Å². The van der Waals surface area contributed by atoms with E-state index in [2.05, 4.69) is 26.8 Å². The molecule has 2 atom stereocenters. The van der Waals surface area contributed by atoms with Gasteiger partial charge in [-0.15, -0.1) is 6.42 Å². The van der Waals surface area contributed by atoms with Gasteiger partial charge in [-0.05, 0) is 48.8 Å². The van der Waals surface area contributed by atoms with E-state index in [1.54, 1.807) is 26.1 Å². The number of hydrazine groups is 1. The Morgan fingerprint density at radius 3 is 2.46 bits per heavy atom. The average Bonchev–Trinajstić information content (AvgIpc) is 2.59. The summed E-state index contributed by atoms with van der Waals surface area (Å²) < 4.78 is 28.3. The second kappa shape index (κ2) is 8.47. The van der Waals surface area contributed by atoms with E-state index in [4.69, 9.17) is 6.42 Å². The van der Waals surface area contributed by atoms with E-state index in [0.717, 1.165) is 10.0 Å². The number of rotatable bonds is 8. The van der Waals surface area contributed by atoms with Crippen LogP contribution in [0, 0.1) is 17.8 Å². The summed E-state index contributed by atoms with van der Waals surface area (Å²) >= 11 is 3.38. The molecule has 4 nitrogen and oxygen atoms in total. The smallest absolute Gasteiger partial charge is 0.333 e. The maximum Gasteiger partial charge on any atom is 0.333 e. The zero-order valence-electron chi connectivity index (χ0n) is 15.4. The fourth-order valence-electron chi connectivity index (χ4n) is 2.75. The third-order valence-electron chi connectivity index (χ3n) is 4.75. The third kappa shape index (κ3) is 5.03. The van der Waals surface area contributed by atoms with Crippen LogP contribution in [0.4, 0.5) is 8.78 Å². The van der Waals surface area contributed by atoms with Gasteiger partial charge in [-0.1, -0.05) is 41.9 Å². The van der Waals surface area contributed by atoms with Crippen LogP contribution in [0.3, 0.4) is 0 Å². The first-order valence-electron chi connectivity index (χ1n) is 8.17. The van der Waals surface area contributed by atoms with Crippen LogP contribution < -0.4 is 10.9 Å². The number of aliphatic hydroxyl groups excluding tert-OH is 1. The molecule has 0 aliphatic rings. The predicted molar refractivity (Wildman–Crippen MR) is 101 cm³/mol. The molecule has 0 aliphatic carbocycles. The lowest BCUT2D eigenvalue weighted by molar-refractivity contribution is -0.130. The van der Waals surface area contributed by atoms with Crippen LogP contribution in [0.5, 0.6) is 0 Å². The van der Waals surface area contributed by atoms with Crippen LogP contribution in [0.25, 0.3) is 0 Å². The molecule has 1 aromatic rings. The summed E-state index contributed by atoms with van der Waals surface area (Å²) in [6, 6.07) is 7.26. The van der Waals surface area contributed by atoms with Crippen LogP contribution in [-0.2, 0) is 10.2 Å². The lowest BCUT2D eigenvalue weighted by Crippen LogP contribution is -2.49. The fourth-order valence-corrected chi connectivity index (χ4v) is 3.15. The number of amides is 1. The lowest BCUT2D eigenvalue weighted by Gasteiger charge is -2.37. The van der Waals surface area contributed by atoms with Crippen molar-refractivity contribution in [1.29, 1.82) is 0 Å². The van der Waals surface area contributed by atoms with Gasteiger partial charge in [0, 0.05) is 11.5 Å². The van der Waals surface area contributed by atoms with E-state index in [9.17, 15) is 18.7 Å². The van der Waals surface area contributed by atoms with Crippen molar-refractivity contribution in [2.75, 3.05) is 7.05 Å². The van der Waals surface area contributed by atoms with Crippen molar-refractivity contribution in [2.24, 2.45) is 5.41 Å². The maximum absolute atomic E-state index is 13.7. The van der Waals surface area contributed by atoms with Crippen LogP contribution in [0.1, 0.15) is 39.2 Å². The highest BCUT2D eigenvalue weighted by atomic mass is 79.9. The van der Waals surface area contributed by atoms with Crippen molar-refractivity contribution < 1.29 is 18.7 Å². The van der Waals surface area contributed by atoms with Gasteiger partial charge < -0.3 is 5.11 Å². The summed E-state index contributed by atoms with van der Waals surface area (Å²) in [5.74, 6) is -2.59. The second-order valence-electron chi connectivity index (χ2n) is 7.20. The zero-order chi connectivity index (χ0) is 20.2. The Morgan fingerprint density at radius 2 is 1.96 bits per heavy atom. The van der Waals surface area contributed by atoms with Gasteiger partial charge in [0.05, 0.1) is 5.41 Å². The van der Waals surface area contributed by atoms with E-state index in [1.165, 1.54) is 19.8 Å². The molecule has 0 spiro atoms. The molecular weight excluding hydrogens is 406 g/mol. The van der Waals surface area contributed by atoms with E-state index < -0.39 is 22.9 Å². The molecule has 7 heteroatoms. The number of terminal acetylenes is 1. The van der Waals surface area contributed by atoms with Gasteiger partial charge in [-0.3, -0.25) is 10.2 Å². The minimum Gasteiger partial charge on any atom is -0.385 e. The summed E-state index contributed by atoms with van der Waals surface area (Å²) in [5, 5.41) is 10.0. The molecule has 26 heavy (non-hydrogen) atoms. The first kappa shape index (κ1) is 22.6. The van der Waals surface area contributed by atoms with Crippen molar-refractivity contribution in [1.82, 2.24) is 10.9 Å². The van der Waals surface area contributed by atoms with Gasteiger partial charge in [-0.2, -0.15) is 8.78 Å². The van der Waals surface area contributed by atoms with Gasteiger partial charge in [0.15, 0.2) is 0 Å². The Bertz CT molecular complexity index is 688. The van der Waals surface area contributed by atoms with E-state index in [-0.39, 0.29) is 18.7 Å². The molecule has 0 radical (unpaired) electrons. The Balaban J connectivity index is 3.15. The molecule has 1 amide bonds. The first-order valence-corrected chi connectivity index (χ1v) is 8.97. The molecule has 0 fully saturated rings. The summed E-state index contributed by atoms with van der Waals surface area (Å²) in [6.07, 6.45) is 3.23. The minimum atomic E-state index is -3.64. The van der Waals surface area contributed by atoms with Crippen LogP contribution in [-0.4, -0.2) is 30.1 Å². The largest absolute Gasteiger partial charge is 0.385 e. The topological polar surface area (TPSA) is 61.4 Å². The van der Waals surface area contributed by atoms with Gasteiger partial charge >= 0.3 is 5.92 Å². The van der Waals surface area contributed by atoms with E-state index in [0.29, 0.717) is 0 Å². The highest BCUT2D eigenvalue weighted by molar-refractivity contribution is 9.10. The SMILES string of the molecule is C#CC(F)(F)C(O)C(C)(C)CCC(C)(C(=O)NNC)c1cccc(Br)c1. The van der Waals surface area contributed by atoms with Crippen LogP contribution in [0.15, 0.2) is 28.7 Å². The van der Waals surface area contributed by atoms with E-state index in [1.807, 2.05) is 12.1 Å². The average molecular weight is 431 g/mol. The van der Waals surface area contributed by atoms with Crippen molar-refractivity contribution >= 4 is 21.8 Å².